The van der Waals surface area contributed by atoms with Crippen LogP contribution in [0.2, 0.25) is 5.02 Å². The zero-order valence-corrected chi connectivity index (χ0v) is 17.8. The Morgan fingerprint density at radius 1 is 1.21 bits per heavy atom. The third-order valence-corrected chi connectivity index (χ3v) is 5.86. The van der Waals surface area contributed by atoms with Gasteiger partial charge in [0.15, 0.2) is 0 Å². The Bertz CT molecular complexity index is 1160. The van der Waals surface area contributed by atoms with E-state index >= 15 is 0 Å². The molecular weight excluding hydrogens is 408 g/mol. The van der Waals surface area contributed by atoms with Crippen molar-refractivity contribution < 1.29 is 9.53 Å². The van der Waals surface area contributed by atoms with Crippen LogP contribution >= 0.6 is 22.9 Å². The summed E-state index contributed by atoms with van der Waals surface area (Å²) in [6.07, 6.45) is 0. The number of carbonyl (C=O) groups is 1. The van der Waals surface area contributed by atoms with Crippen LogP contribution in [0.1, 0.15) is 28.5 Å². The van der Waals surface area contributed by atoms with E-state index in [1.165, 1.54) is 11.3 Å². The molecule has 0 saturated heterocycles. The van der Waals surface area contributed by atoms with E-state index in [1.807, 2.05) is 39.0 Å². The van der Waals surface area contributed by atoms with Gasteiger partial charge in [-0.1, -0.05) is 29.0 Å². The van der Waals surface area contributed by atoms with Crippen molar-refractivity contribution in [3.05, 3.63) is 64.3 Å². The van der Waals surface area contributed by atoms with Crippen molar-refractivity contribution in [3.63, 3.8) is 0 Å². The number of fused-ring (bicyclic) bond motifs is 1. The van der Waals surface area contributed by atoms with Crippen LogP contribution in [0, 0.1) is 13.8 Å². The minimum Gasteiger partial charge on any atom is -0.494 e. The quantitative estimate of drug-likeness (QED) is 0.463. The number of rotatable bonds is 5. The van der Waals surface area contributed by atoms with Crippen LogP contribution in [0.5, 0.6) is 5.75 Å². The first-order valence-corrected chi connectivity index (χ1v) is 10.3. The van der Waals surface area contributed by atoms with E-state index in [4.69, 9.17) is 21.3 Å². The number of nitrogens with zero attached hydrogens (tertiary/aromatic N) is 3. The lowest BCUT2D eigenvalue weighted by Gasteiger charge is -2.07. The molecule has 1 N–H and O–H groups in total. The molecule has 6 nitrogen and oxygen atoms in total. The number of nitrogens with one attached hydrogen (secondary N) is 1. The van der Waals surface area contributed by atoms with Gasteiger partial charge in [-0.05, 0) is 56.7 Å². The highest BCUT2D eigenvalue weighted by Crippen LogP contribution is 2.34. The summed E-state index contributed by atoms with van der Waals surface area (Å²) in [6.45, 7) is 6.36. The number of halogens is 1. The molecule has 1 amide bonds. The first kappa shape index (κ1) is 19.4. The Hall–Kier alpha value is -2.90. The van der Waals surface area contributed by atoms with E-state index < -0.39 is 0 Å². The number of carbonyl (C=O) groups excluding carboxylic acids is 1. The van der Waals surface area contributed by atoms with Crippen molar-refractivity contribution in [2.75, 3.05) is 11.9 Å². The van der Waals surface area contributed by atoms with Gasteiger partial charge in [0.1, 0.15) is 11.6 Å². The molecule has 0 saturated carbocycles. The third-order valence-electron chi connectivity index (χ3n) is 4.37. The van der Waals surface area contributed by atoms with Crippen molar-refractivity contribution in [3.8, 4) is 10.9 Å². The molecule has 0 aliphatic carbocycles. The predicted molar refractivity (Wildman–Crippen MR) is 117 cm³/mol. The van der Waals surface area contributed by atoms with E-state index in [1.54, 1.807) is 28.9 Å². The van der Waals surface area contributed by atoms with Crippen LogP contribution in [-0.2, 0) is 0 Å². The Balaban J connectivity index is 1.66. The summed E-state index contributed by atoms with van der Waals surface area (Å²) in [5, 5.41) is 8.73. The van der Waals surface area contributed by atoms with Gasteiger partial charge in [-0.15, -0.1) is 0 Å². The number of hydrogen-bond acceptors (Lipinski definition) is 5. The minimum atomic E-state index is -0.232. The van der Waals surface area contributed by atoms with Crippen molar-refractivity contribution in [1.29, 1.82) is 0 Å². The van der Waals surface area contributed by atoms with Crippen LogP contribution in [-0.4, -0.2) is 27.3 Å². The second-order valence-corrected chi connectivity index (χ2v) is 7.92. The number of amides is 1. The number of ether oxygens (including phenoxy) is 1. The summed E-state index contributed by atoms with van der Waals surface area (Å²) in [7, 11) is 0. The highest BCUT2D eigenvalue weighted by atomic mass is 35.5. The molecular formula is C21H19ClN4O2S. The van der Waals surface area contributed by atoms with E-state index in [9.17, 15) is 4.79 Å². The number of thiazole rings is 1. The molecule has 2 heterocycles. The topological polar surface area (TPSA) is 69.0 Å². The van der Waals surface area contributed by atoms with Crippen molar-refractivity contribution >= 4 is 44.9 Å². The van der Waals surface area contributed by atoms with Crippen LogP contribution in [0.15, 0.2) is 42.5 Å². The second kappa shape index (κ2) is 7.85. The molecule has 0 spiro atoms. The average Bonchev–Trinajstić information content (AvgIpc) is 3.30. The summed E-state index contributed by atoms with van der Waals surface area (Å²) in [5.41, 5.74) is 3.18. The van der Waals surface area contributed by atoms with E-state index in [2.05, 4.69) is 10.4 Å². The Morgan fingerprint density at radius 2 is 1.97 bits per heavy atom. The molecule has 2 aromatic heterocycles. The summed E-state index contributed by atoms with van der Waals surface area (Å²) in [6, 6.07) is 12.6. The number of benzene rings is 2. The van der Waals surface area contributed by atoms with Crippen LogP contribution in [0.25, 0.3) is 15.3 Å². The predicted octanol–water partition coefficient (Wildman–Crippen LogP) is 5.40. The summed E-state index contributed by atoms with van der Waals surface area (Å²) < 4.78 is 7.97. The van der Waals surface area contributed by atoms with Gasteiger partial charge in [0.25, 0.3) is 5.91 Å². The lowest BCUT2D eigenvalue weighted by atomic mass is 10.2. The zero-order chi connectivity index (χ0) is 20.5. The number of hydrogen-bond donors (Lipinski definition) is 1. The second-order valence-electron chi connectivity index (χ2n) is 6.53. The fraction of sp³-hybridized carbons (Fsp3) is 0.190. The zero-order valence-electron chi connectivity index (χ0n) is 16.2. The average molecular weight is 427 g/mol. The largest absolute Gasteiger partial charge is 0.494 e. The molecule has 0 bridgehead atoms. The molecule has 0 fully saturated rings. The van der Waals surface area contributed by atoms with Gasteiger partial charge < -0.3 is 10.1 Å². The molecule has 0 aliphatic rings. The standard InChI is InChI=1S/C21H19ClN4O2S/c1-4-28-15-8-6-14(7-9-15)20(27)23-17-11-13(3)25-26(17)21-24-18-12(2)5-10-16(22)19(18)29-21/h5-11H,4H2,1-3H3,(H,23,27). The molecule has 0 unspecified atom stereocenters. The Labute approximate surface area is 177 Å². The fourth-order valence-electron chi connectivity index (χ4n) is 2.97. The number of aryl methyl sites for hydroxylation is 2. The molecule has 4 aromatic rings. The molecule has 0 radical (unpaired) electrons. The van der Waals surface area contributed by atoms with Crippen LogP contribution < -0.4 is 10.1 Å². The van der Waals surface area contributed by atoms with E-state index in [0.29, 0.717) is 28.1 Å². The van der Waals surface area contributed by atoms with Crippen LogP contribution in [0.4, 0.5) is 5.82 Å². The van der Waals surface area contributed by atoms with E-state index in [-0.39, 0.29) is 5.91 Å². The molecule has 0 aliphatic heterocycles. The maximum Gasteiger partial charge on any atom is 0.256 e. The summed E-state index contributed by atoms with van der Waals surface area (Å²) in [4.78, 5) is 17.4. The number of anilines is 1. The molecule has 4 rings (SSSR count). The van der Waals surface area contributed by atoms with Gasteiger partial charge in [0.05, 0.1) is 27.5 Å². The van der Waals surface area contributed by atoms with Gasteiger partial charge in [-0.2, -0.15) is 9.78 Å². The van der Waals surface area contributed by atoms with Gasteiger partial charge in [-0.25, -0.2) is 4.98 Å². The van der Waals surface area contributed by atoms with Crippen molar-refractivity contribution in [2.24, 2.45) is 0 Å². The molecule has 29 heavy (non-hydrogen) atoms. The van der Waals surface area contributed by atoms with E-state index in [0.717, 1.165) is 27.2 Å². The summed E-state index contributed by atoms with van der Waals surface area (Å²) >= 11 is 7.77. The normalized spacial score (nSPS) is 11.0. The summed E-state index contributed by atoms with van der Waals surface area (Å²) in [5.74, 6) is 1.05. The third kappa shape index (κ3) is 3.83. The molecule has 8 heteroatoms. The minimum absolute atomic E-state index is 0.232. The smallest absolute Gasteiger partial charge is 0.256 e. The highest BCUT2D eigenvalue weighted by molar-refractivity contribution is 7.21. The first-order valence-electron chi connectivity index (χ1n) is 9.13. The molecule has 2 aromatic carbocycles. The number of aromatic nitrogens is 3. The van der Waals surface area contributed by atoms with Gasteiger partial charge in [0, 0.05) is 11.6 Å². The van der Waals surface area contributed by atoms with Crippen molar-refractivity contribution in [2.45, 2.75) is 20.8 Å². The maximum atomic E-state index is 12.7. The SMILES string of the molecule is CCOc1ccc(C(=O)Nc2cc(C)nn2-c2nc3c(C)ccc(Cl)c3s2)cc1. The lowest BCUT2D eigenvalue weighted by molar-refractivity contribution is 0.102. The monoisotopic (exact) mass is 426 g/mol. The maximum absolute atomic E-state index is 12.7. The van der Waals surface area contributed by atoms with Crippen LogP contribution in [0.3, 0.4) is 0 Å². The van der Waals surface area contributed by atoms with Crippen molar-refractivity contribution in [1.82, 2.24) is 14.8 Å². The molecule has 148 valence electrons. The lowest BCUT2D eigenvalue weighted by Crippen LogP contribution is -2.15. The highest BCUT2D eigenvalue weighted by Gasteiger charge is 2.17. The van der Waals surface area contributed by atoms with Gasteiger partial charge >= 0.3 is 0 Å². The Kier molecular flexibility index (Phi) is 5.25. The molecule has 0 atom stereocenters. The van der Waals surface area contributed by atoms with Gasteiger partial charge in [-0.3, -0.25) is 4.79 Å². The Morgan fingerprint density at radius 3 is 2.66 bits per heavy atom. The fourth-order valence-corrected chi connectivity index (χ4v) is 4.26. The van der Waals surface area contributed by atoms with Gasteiger partial charge in [0.2, 0.25) is 5.13 Å². The first-order chi connectivity index (χ1) is 14.0.